The average molecular weight is 236 g/mol. The summed E-state index contributed by atoms with van der Waals surface area (Å²) in [6.07, 6.45) is 1.79. The molecule has 1 aromatic carbocycles. The van der Waals surface area contributed by atoms with E-state index in [2.05, 4.69) is 0 Å². The van der Waals surface area contributed by atoms with E-state index in [1.54, 1.807) is 30.5 Å². The molecule has 1 N–H and O–H groups in total. The van der Waals surface area contributed by atoms with Crippen LogP contribution in [0, 0.1) is 0 Å². The van der Waals surface area contributed by atoms with E-state index in [4.69, 9.17) is 12.2 Å². The fourth-order valence-corrected chi connectivity index (χ4v) is 2.14. The highest BCUT2D eigenvalue weighted by Gasteiger charge is 2.31. The number of hydrogen-bond donors (Lipinski definition) is 1. The maximum Gasteiger partial charge on any atom is 0.199 e. The smallest absolute Gasteiger partial charge is 0.199 e. The first-order valence-corrected chi connectivity index (χ1v) is 5.95. The van der Waals surface area contributed by atoms with Gasteiger partial charge in [0.2, 0.25) is 0 Å². The maximum absolute atomic E-state index is 11.9. The van der Waals surface area contributed by atoms with Crippen LogP contribution in [0.25, 0.3) is 5.76 Å². The molecular formula is C11H8O2S2. The summed E-state index contributed by atoms with van der Waals surface area (Å²) in [5.74, 6) is -0.169. The van der Waals surface area contributed by atoms with Crippen LogP contribution < -0.4 is 0 Å². The van der Waals surface area contributed by atoms with E-state index >= 15 is 0 Å². The Morgan fingerprint density at radius 1 is 1.33 bits per heavy atom. The van der Waals surface area contributed by atoms with Crippen molar-refractivity contribution in [1.82, 2.24) is 0 Å². The van der Waals surface area contributed by atoms with Gasteiger partial charge in [0.15, 0.2) is 5.78 Å². The molecule has 0 fully saturated rings. The van der Waals surface area contributed by atoms with Gasteiger partial charge in [-0.15, -0.1) is 11.8 Å². The summed E-state index contributed by atoms with van der Waals surface area (Å²) < 4.78 is 0.439. The second-order valence-electron chi connectivity index (χ2n) is 3.09. The van der Waals surface area contributed by atoms with Crippen molar-refractivity contribution in [3.8, 4) is 0 Å². The van der Waals surface area contributed by atoms with Gasteiger partial charge < -0.3 is 5.11 Å². The Morgan fingerprint density at radius 2 is 1.93 bits per heavy atom. The molecule has 1 aliphatic rings. The molecule has 76 valence electrons. The first-order valence-electron chi connectivity index (χ1n) is 4.32. The van der Waals surface area contributed by atoms with Crippen molar-refractivity contribution in [2.45, 2.75) is 0 Å². The third kappa shape index (κ3) is 1.50. The van der Waals surface area contributed by atoms with Crippen molar-refractivity contribution in [3.63, 3.8) is 0 Å². The summed E-state index contributed by atoms with van der Waals surface area (Å²) in [7, 11) is 0. The monoisotopic (exact) mass is 236 g/mol. The van der Waals surface area contributed by atoms with Gasteiger partial charge in [-0.05, 0) is 6.26 Å². The summed E-state index contributed by atoms with van der Waals surface area (Å²) in [4.78, 5) is 11.9. The van der Waals surface area contributed by atoms with Crippen molar-refractivity contribution in [1.29, 1.82) is 0 Å². The number of rotatable bonds is 1. The van der Waals surface area contributed by atoms with Gasteiger partial charge in [-0.1, -0.05) is 36.5 Å². The average Bonchev–Trinajstić information content (AvgIpc) is 2.52. The first-order chi connectivity index (χ1) is 7.16. The highest BCUT2D eigenvalue weighted by Crippen LogP contribution is 2.33. The van der Waals surface area contributed by atoms with Crippen LogP contribution in [0.1, 0.15) is 15.9 Å². The van der Waals surface area contributed by atoms with E-state index in [-0.39, 0.29) is 17.1 Å². The molecule has 0 aromatic heterocycles. The number of aliphatic hydroxyl groups is 1. The number of Topliss-reactive ketones (excluding diaryl/α,β-unsaturated/α-hetero) is 1. The van der Waals surface area contributed by atoms with Crippen molar-refractivity contribution in [2.24, 2.45) is 0 Å². The summed E-state index contributed by atoms with van der Waals surface area (Å²) >= 11 is 6.33. The van der Waals surface area contributed by atoms with Gasteiger partial charge in [-0.2, -0.15) is 0 Å². The van der Waals surface area contributed by atoms with Crippen molar-refractivity contribution >= 4 is 39.7 Å². The third-order valence-corrected chi connectivity index (χ3v) is 3.56. The molecule has 2 nitrogen and oxygen atoms in total. The SMILES string of the molecule is CSC(=S)C1=C(O)c2ccccc2C1=O. The lowest BCUT2D eigenvalue weighted by atomic mass is 10.1. The van der Waals surface area contributed by atoms with E-state index in [0.717, 1.165) is 0 Å². The van der Waals surface area contributed by atoms with Gasteiger partial charge in [0, 0.05) is 11.1 Å². The van der Waals surface area contributed by atoms with E-state index in [9.17, 15) is 9.90 Å². The minimum Gasteiger partial charge on any atom is -0.506 e. The van der Waals surface area contributed by atoms with Crippen molar-refractivity contribution in [3.05, 3.63) is 41.0 Å². The highest BCUT2D eigenvalue weighted by molar-refractivity contribution is 8.23. The van der Waals surface area contributed by atoms with Gasteiger partial charge in [0.05, 0.1) is 9.77 Å². The molecule has 0 atom stereocenters. The zero-order valence-corrected chi connectivity index (χ0v) is 9.61. The lowest BCUT2D eigenvalue weighted by Gasteiger charge is -1.99. The molecule has 0 spiro atoms. The molecule has 2 rings (SSSR count). The molecule has 0 heterocycles. The maximum atomic E-state index is 11.9. The zero-order valence-electron chi connectivity index (χ0n) is 7.98. The Labute approximate surface area is 97.0 Å². The van der Waals surface area contributed by atoms with Gasteiger partial charge in [-0.25, -0.2) is 0 Å². The largest absolute Gasteiger partial charge is 0.506 e. The van der Waals surface area contributed by atoms with Gasteiger partial charge >= 0.3 is 0 Å². The molecular weight excluding hydrogens is 228 g/mol. The lowest BCUT2D eigenvalue weighted by Crippen LogP contribution is -2.04. The fourth-order valence-electron chi connectivity index (χ4n) is 1.56. The third-order valence-electron chi connectivity index (χ3n) is 2.28. The van der Waals surface area contributed by atoms with Crippen molar-refractivity contribution < 1.29 is 9.90 Å². The van der Waals surface area contributed by atoms with E-state index in [1.165, 1.54) is 11.8 Å². The Hall–Kier alpha value is -1.13. The zero-order chi connectivity index (χ0) is 11.0. The molecule has 0 amide bonds. The molecule has 1 aromatic rings. The Morgan fingerprint density at radius 3 is 2.47 bits per heavy atom. The van der Waals surface area contributed by atoms with Crippen LogP contribution in [0.4, 0.5) is 0 Å². The van der Waals surface area contributed by atoms with Gasteiger partial charge in [0.1, 0.15) is 5.76 Å². The number of benzene rings is 1. The van der Waals surface area contributed by atoms with Crippen LogP contribution in [0.3, 0.4) is 0 Å². The Bertz CT molecular complexity index is 489. The number of fused-ring (bicyclic) bond motifs is 1. The molecule has 0 bridgehead atoms. The summed E-state index contributed by atoms with van der Waals surface area (Å²) in [6.45, 7) is 0. The molecule has 0 aliphatic heterocycles. The second-order valence-corrected chi connectivity index (χ2v) is 4.57. The van der Waals surface area contributed by atoms with Crippen LogP contribution >= 0.6 is 24.0 Å². The molecule has 0 radical (unpaired) electrons. The number of carbonyl (C=O) groups is 1. The van der Waals surface area contributed by atoms with E-state index in [0.29, 0.717) is 15.3 Å². The molecule has 0 saturated carbocycles. The summed E-state index contributed by atoms with van der Waals surface area (Å²) in [6, 6.07) is 6.98. The van der Waals surface area contributed by atoms with E-state index < -0.39 is 0 Å². The van der Waals surface area contributed by atoms with Crippen LogP contribution in [-0.2, 0) is 0 Å². The quantitative estimate of drug-likeness (QED) is 0.761. The molecule has 0 unspecified atom stereocenters. The minimum atomic E-state index is -0.178. The molecule has 1 aliphatic carbocycles. The number of thioether (sulfide) groups is 1. The highest BCUT2D eigenvalue weighted by atomic mass is 32.2. The van der Waals surface area contributed by atoms with Gasteiger partial charge in [-0.3, -0.25) is 4.79 Å². The predicted octanol–water partition coefficient (Wildman–Crippen LogP) is 2.84. The van der Waals surface area contributed by atoms with Crippen LogP contribution in [0.5, 0.6) is 0 Å². The molecule has 4 heteroatoms. The first kappa shape index (κ1) is 10.4. The van der Waals surface area contributed by atoms with Crippen molar-refractivity contribution in [2.75, 3.05) is 6.26 Å². The Balaban J connectivity index is 2.60. The van der Waals surface area contributed by atoms with E-state index in [1.807, 2.05) is 0 Å². The standard InChI is InChI=1S/C11H8O2S2/c1-15-11(14)8-9(12)6-4-2-3-5-7(6)10(8)13/h2-5,12H,1H3. The fraction of sp³-hybridized carbons (Fsp3) is 0.0909. The molecule has 15 heavy (non-hydrogen) atoms. The topological polar surface area (TPSA) is 37.3 Å². The Kier molecular flexibility index (Phi) is 2.63. The normalized spacial score (nSPS) is 14.3. The number of aliphatic hydroxyl groups excluding tert-OH is 1. The van der Waals surface area contributed by atoms with Crippen LogP contribution in [-0.4, -0.2) is 21.3 Å². The predicted molar refractivity (Wildman–Crippen MR) is 66.4 cm³/mol. The minimum absolute atomic E-state index is 0.00921. The number of carbonyl (C=O) groups excluding carboxylic acids is 1. The van der Waals surface area contributed by atoms with Gasteiger partial charge in [0.25, 0.3) is 0 Å². The summed E-state index contributed by atoms with van der Waals surface area (Å²) in [5, 5.41) is 9.87. The lowest BCUT2D eigenvalue weighted by molar-refractivity contribution is 0.104. The summed E-state index contributed by atoms with van der Waals surface area (Å²) in [5.41, 5.74) is 1.37. The van der Waals surface area contributed by atoms with Crippen LogP contribution in [0.2, 0.25) is 0 Å². The molecule has 0 saturated heterocycles. The number of thiocarbonyl (C=S) groups is 1. The second kappa shape index (κ2) is 3.79. The van der Waals surface area contributed by atoms with Crippen LogP contribution in [0.15, 0.2) is 29.8 Å². The number of hydrogen-bond acceptors (Lipinski definition) is 4. The number of ketones is 1.